The number of halogens is 2. The fourth-order valence-corrected chi connectivity index (χ4v) is 2.61. The van der Waals surface area contributed by atoms with Crippen LogP contribution in [0.2, 0.25) is 10.0 Å². The van der Waals surface area contributed by atoms with E-state index in [0.717, 1.165) is 5.56 Å². The summed E-state index contributed by atoms with van der Waals surface area (Å²) in [5.74, 6) is 0.315. The van der Waals surface area contributed by atoms with Crippen LogP contribution in [0.5, 0.6) is 0 Å². The molecule has 0 aliphatic rings. The van der Waals surface area contributed by atoms with E-state index in [1.165, 1.54) is 6.33 Å². The van der Waals surface area contributed by atoms with Crippen LogP contribution < -0.4 is 21.9 Å². The lowest BCUT2D eigenvalue weighted by Gasteiger charge is -2.14. The van der Waals surface area contributed by atoms with Crippen LogP contribution in [-0.2, 0) is 0 Å². The maximum Gasteiger partial charge on any atom is 0.269 e. The highest BCUT2D eigenvalue weighted by molar-refractivity contribution is 6.42. The van der Waals surface area contributed by atoms with Crippen LogP contribution in [0.15, 0.2) is 48.8 Å². The summed E-state index contributed by atoms with van der Waals surface area (Å²) in [5.41, 5.74) is 13.7. The monoisotopic (exact) mass is 402 g/mol. The molecule has 27 heavy (non-hydrogen) atoms. The molecule has 3 aromatic rings. The molecular weight excluding hydrogens is 387 g/mol. The first-order valence-corrected chi connectivity index (χ1v) is 8.66. The van der Waals surface area contributed by atoms with Crippen LogP contribution in [0.3, 0.4) is 0 Å². The highest BCUT2D eigenvalue weighted by atomic mass is 35.5. The van der Waals surface area contributed by atoms with Crippen molar-refractivity contribution in [2.45, 2.75) is 6.92 Å². The first-order valence-electron chi connectivity index (χ1n) is 7.90. The van der Waals surface area contributed by atoms with E-state index in [0.29, 0.717) is 27.1 Å². The molecule has 0 aliphatic carbocycles. The van der Waals surface area contributed by atoms with Gasteiger partial charge in [0.2, 0.25) is 0 Å². The van der Waals surface area contributed by atoms with Crippen LogP contribution in [0, 0.1) is 6.92 Å². The Morgan fingerprint density at radius 2 is 1.78 bits per heavy atom. The molecular formula is C18H16Cl2N6O. The standard InChI is InChI=1S/C18H16Cl2N6O/c1-10-4-2-3-5-12(10)18(27)26-25-17-15(21)16(22-9-23-17)24-11-6-7-13(19)14(20)8-11/h2-9H,21H2,1H3,(H,26,27)(H2,22,23,24,25). The van der Waals surface area contributed by atoms with Gasteiger partial charge in [-0.05, 0) is 36.8 Å². The zero-order chi connectivity index (χ0) is 19.4. The maximum absolute atomic E-state index is 12.3. The summed E-state index contributed by atoms with van der Waals surface area (Å²) in [7, 11) is 0. The number of hydrogen-bond acceptors (Lipinski definition) is 6. The number of nitrogens with zero attached hydrogens (tertiary/aromatic N) is 2. The molecule has 0 saturated carbocycles. The lowest BCUT2D eigenvalue weighted by molar-refractivity contribution is 0.0962. The zero-order valence-corrected chi connectivity index (χ0v) is 15.8. The number of benzene rings is 2. The van der Waals surface area contributed by atoms with Crippen molar-refractivity contribution < 1.29 is 4.79 Å². The first-order chi connectivity index (χ1) is 13.0. The fourth-order valence-electron chi connectivity index (χ4n) is 2.32. The lowest BCUT2D eigenvalue weighted by Crippen LogP contribution is -2.30. The van der Waals surface area contributed by atoms with Crippen molar-refractivity contribution in [3.05, 3.63) is 70.0 Å². The normalized spacial score (nSPS) is 10.3. The number of carbonyl (C=O) groups is 1. The minimum absolute atomic E-state index is 0.230. The number of aryl methyl sites for hydroxylation is 1. The van der Waals surface area contributed by atoms with E-state index in [-0.39, 0.29) is 17.4 Å². The topological polar surface area (TPSA) is 105 Å². The van der Waals surface area contributed by atoms with Crippen LogP contribution in [0.4, 0.5) is 23.0 Å². The second-order valence-corrected chi connectivity index (χ2v) is 6.45. The summed E-state index contributed by atoms with van der Waals surface area (Å²) >= 11 is 11.9. The third-order valence-electron chi connectivity index (χ3n) is 3.75. The molecule has 1 aromatic heterocycles. The third kappa shape index (κ3) is 4.39. The van der Waals surface area contributed by atoms with Gasteiger partial charge in [0.25, 0.3) is 5.91 Å². The van der Waals surface area contributed by atoms with Crippen molar-refractivity contribution in [3.8, 4) is 0 Å². The highest BCUT2D eigenvalue weighted by Crippen LogP contribution is 2.29. The Balaban J connectivity index is 1.74. The molecule has 1 heterocycles. The molecule has 1 amide bonds. The second kappa shape index (κ2) is 8.11. The summed E-state index contributed by atoms with van der Waals surface area (Å²) in [4.78, 5) is 20.5. The lowest BCUT2D eigenvalue weighted by atomic mass is 10.1. The minimum atomic E-state index is -0.301. The van der Waals surface area contributed by atoms with Gasteiger partial charge in [-0.3, -0.25) is 15.6 Å². The van der Waals surface area contributed by atoms with Crippen LogP contribution in [0.1, 0.15) is 15.9 Å². The number of anilines is 4. The Hall–Kier alpha value is -3.03. The molecule has 0 spiro atoms. The smallest absolute Gasteiger partial charge is 0.269 e. The molecule has 9 heteroatoms. The average Bonchev–Trinajstić information content (AvgIpc) is 2.65. The van der Waals surface area contributed by atoms with E-state index in [1.54, 1.807) is 30.3 Å². The van der Waals surface area contributed by atoms with Crippen molar-refractivity contribution in [2.75, 3.05) is 16.5 Å². The number of nitrogen functional groups attached to an aromatic ring is 1. The number of carbonyl (C=O) groups excluding carboxylic acids is 1. The molecule has 0 atom stereocenters. The summed E-state index contributed by atoms with van der Waals surface area (Å²) in [6, 6.07) is 12.3. The Morgan fingerprint density at radius 3 is 2.52 bits per heavy atom. The molecule has 2 aromatic carbocycles. The zero-order valence-electron chi connectivity index (χ0n) is 14.3. The molecule has 7 nitrogen and oxygen atoms in total. The van der Waals surface area contributed by atoms with Crippen LogP contribution >= 0.6 is 23.2 Å². The molecule has 0 bridgehead atoms. The SMILES string of the molecule is Cc1ccccc1C(=O)NNc1ncnc(Nc2ccc(Cl)c(Cl)c2)c1N. The summed E-state index contributed by atoms with van der Waals surface area (Å²) in [6.07, 6.45) is 1.32. The van der Waals surface area contributed by atoms with E-state index >= 15 is 0 Å². The van der Waals surface area contributed by atoms with Gasteiger partial charge in [-0.25, -0.2) is 9.97 Å². The van der Waals surface area contributed by atoms with Gasteiger partial charge in [0, 0.05) is 11.3 Å². The molecule has 0 fully saturated rings. The number of hydrogen-bond donors (Lipinski definition) is 4. The summed E-state index contributed by atoms with van der Waals surface area (Å²) < 4.78 is 0. The summed E-state index contributed by atoms with van der Waals surface area (Å²) in [6.45, 7) is 1.85. The molecule has 0 unspecified atom stereocenters. The third-order valence-corrected chi connectivity index (χ3v) is 4.49. The van der Waals surface area contributed by atoms with Gasteiger partial charge < -0.3 is 11.1 Å². The number of nitrogens with one attached hydrogen (secondary N) is 3. The van der Waals surface area contributed by atoms with Crippen molar-refractivity contribution in [2.24, 2.45) is 0 Å². The second-order valence-electron chi connectivity index (χ2n) is 5.63. The number of rotatable bonds is 5. The van der Waals surface area contributed by atoms with Gasteiger partial charge >= 0.3 is 0 Å². The predicted molar refractivity (Wildman–Crippen MR) is 108 cm³/mol. The molecule has 5 N–H and O–H groups in total. The van der Waals surface area contributed by atoms with E-state index in [9.17, 15) is 4.79 Å². The average molecular weight is 403 g/mol. The first kappa shape index (κ1) is 18.8. The molecule has 0 aliphatic heterocycles. The Morgan fingerprint density at radius 1 is 1.04 bits per heavy atom. The molecule has 3 rings (SSSR count). The van der Waals surface area contributed by atoms with Crippen LogP contribution in [0.25, 0.3) is 0 Å². The van der Waals surface area contributed by atoms with Crippen molar-refractivity contribution in [1.82, 2.24) is 15.4 Å². The minimum Gasteiger partial charge on any atom is -0.393 e. The van der Waals surface area contributed by atoms with E-state index in [4.69, 9.17) is 28.9 Å². The van der Waals surface area contributed by atoms with E-state index < -0.39 is 0 Å². The van der Waals surface area contributed by atoms with Crippen molar-refractivity contribution >= 4 is 52.1 Å². The number of hydrazine groups is 1. The van der Waals surface area contributed by atoms with Gasteiger partial charge in [-0.1, -0.05) is 41.4 Å². The molecule has 0 radical (unpaired) electrons. The van der Waals surface area contributed by atoms with Gasteiger partial charge in [0.15, 0.2) is 11.6 Å². The van der Waals surface area contributed by atoms with Gasteiger partial charge in [-0.2, -0.15) is 0 Å². The molecule has 138 valence electrons. The van der Waals surface area contributed by atoms with Gasteiger partial charge in [-0.15, -0.1) is 0 Å². The van der Waals surface area contributed by atoms with E-state index in [2.05, 4.69) is 26.1 Å². The molecule has 0 saturated heterocycles. The Labute approximate surface area is 165 Å². The van der Waals surface area contributed by atoms with Crippen molar-refractivity contribution in [1.29, 1.82) is 0 Å². The van der Waals surface area contributed by atoms with Gasteiger partial charge in [0.05, 0.1) is 10.0 Å². The Kier molecular flexibility index (Phi) is 5.63. The highest BCUT2D eigenvalue weighted by Gasteiger charge is 2.12. The van der Waals surface area contributed by atoms with Gasteiger partial charge in [0.1, 0.15) is 12.0 Å². The van der Waals surface area contributed by atoms with E-state index in [1.807, 2.05) is 19.1 Å². The Bertz CT molecular complexity index is 995. The number of aromatic nitrogens is 2. The fraction of sp³-hybridized carbons (Fsp3) is 0.0556. The predicted octanol–water partition coefficient (Wildman–Crippen LogP) is 4.17. The maximum atomic E-state index is 12.3. The largest absolute Gasteiger partial charge is 0.393 e. The quantitative estimate of drug-likeness (QED) is 0.477. The van der Waals surface area contributed by atoms with Crippen molar-refractivity contribution in [3.63, 3.8) is 0 Å². The van der Waals surface area contributed by atoms with Crippen LogP contribution in [-0.4, -0.2) is 15.9 Å². The number of nitrogens with two attached hydrogens (primary N) is 1. The summed E-state index contributed by atoms with van der Waals surface area (Å²) in [5, 5.41) is 3.88. The number of amides is 1.